The maximum atomic E-state index is 11.4. The van der Waals surface area contributed by atoms with E-state index in [-0.39, 0.29) is 11.9 Å². The third-order valence-electron chi connectivity index (χ3n) is 4.82. The number of hydrogen-bond acceptors (Lipinski definition) is 2. The molecule has 3 saturated carbocycles. The first kappa shape index (κ1) is 9.64. The Morgan fingerprint density at radius 3 is 2.40 bits per heavy atom. The van der Waals surface area contributed by atoms with Crippen molar-refractivity contribution < 1.29 is 4.79 Å². The normalized spacial score (nSPS) is 47.5. The second kappa shape index (κ2) is 3.21. The van der Waals surface area contributed by atoms with E-state index in [1.165, 1.54) is 19.3 Å². The second-order valence-electron chi connectivity index (χ2n) is 5.52. The molecule has 5 atom stereocenters. The van der Waals surface area contributed by atoms with Gasteiger partial charge in [-0.3, -0.25) is 4.79 Å². The van der Waals surface area contributed by atoms with Crippen LogP contribution in [0.2, 0.25) is 0 Å². The highest BCUT2D eigenvalue weighted by Gasteiger charge is 2.65. The smallest absolute Gasteiger partial charge is 0.236 e. The zero-order valence-corrected chi connectivity index (χ0v) is 9.49. The zero-order chi connectivity index (χ0) is 10.6. The lowest BCUT2D eigenvalue weighted by atomic mass is 10.0. The van der Waals surface area contributed by atoms with E-state index >= 15 is 0 Å². The van der Waals surface area contributed by atoms with Crippen LogP contribution < -0.4 is 10.6 Å². The first-order valence-corrected chi connectivity index (χ1v) is 6.20. The standard InChI is InChI=1S/C12H20N2O/c1-6(12(15)13-2)14-11-9-7-3-4-8(5-7)10(9)11/h6-11,14H,3-5H2,1-2H3,(H,13,15). The minimum Gasteiger partial charge on any atom is -0.358 e. The van der Waals surface area contributed by atoms with Gasteiger partial charge in [-0.25, -0.2) is 0 Å². The third kappa shape index (κ3) is 1.32. The van der Waals surface area contributed by atoms with Crippen molar-refractivity contribution in [3.05, 3.63) is 0 Å². The van der Waals surface area contributed by atoms with Gasteiger partial charge in [-0.05, 0) is 49.9 Å². The SMILES string of the molecule is CNC(=O)C(C)NC1C2C3CCC(C3)C12. The van der Waals surface area contributed by atoms with E-state index in [1.807, 2.05) is 6.92 Å². The minimum absolute atomic E-state index is 0.0231. The summed E-state index contributed by atoms with van der Waals surface area (Å²) in [7, 11) is 1.71. The van der Waals surface area contributed by atoms with E-state index in [0.29, 0.717) is 6.04 Å². The van der Waals surface area contributed by atoms with E-state index in [0.717, 1.165) is 23.7 Å². The summed E-state index contributed by atoms with van der Waals surface area (Å²) in [6.45, 7) is 1.97. The van der Waals surface area contributed by atoms with Crippen molar-refractivity contribution in [1.82, 2.24) is 10.6 Å². The van der Waals surface area contributed by atoms with E-state index in [9.17, 15) is 4.79 Å². The number of hydrogen-bond donors (Lipinski definition) is 2. The lowest BCUT2D eigenvalue weighted by Crippen LogP contribution is -2.43. The van der Waals surface area contributed by atoms with Crippen LogP contribution in [0.4, 0.5) is 0 Å². The van der Waals surface area contributed by atoms with Gasteiger partial charge in [0.05, 0.1) is 6.04 Å². The van der Waals surface area contributed by atoms with Gasteiger partial charge in [-0.2, -0.15) is 0 Å². The maximum absolute atomic E-state index is 11.4. The average Bonchev–Trinajstić information content (AvgIpc) is 2.66. The molecule has 0 radical (unpaired) electrons. The zero-order valence-electron chi connectivity index (χ0n) is 9.49. The molecule has 5 unspecified atom stereocenters. The Morgan fingerprint density at radius 2 is 1.87 bits per heavy atom. The number of carbonyl (C=O) groups excluding carboxylic acids is 1. The summed E-state index contributed by atoms with van der Waals surface area (Å²) in [6, 6.07) is 0.633. The molecule has 84 valence electrons. The molecular weight excluding hydrogens is 188 g/mol. The van der Waals surface area contributed by atoms with Crippen molar-refractivity contribution in [3.63, 3.8) is 0 Å². The summed E-state index contributed by atoms with van der Waals surface area (Å²) in [5.41, 5.74) is 0. The molecule has 0 aromatic carbocycles. The van der Waals surface area contributed by atoms with Crippen molar-refractivity contribution in [1.29, 1.82) is 0 Å². The second-order valence-corrected chi connectivity index (χ2v) is 5.52. The average molecular weight is 208 g/mol. The molecule has 3 rings (SSSR count). The number of likely N-dealkylation sites (N-methyl/N-ethyl adjacent to an activating group) is 1. The fraction of sp³-hybridized carbons (Fsp3) is 0.917. The maximum Gasteiger partial charge on any atom is 0.236 e. The van der Waals surface area contributed by atoms with Crippen molar-refractivity contribution in [2.24, 2.45) is 23.7 Å². The van der Waals surface area contributed by atoms with Gasteiger partial charge >= 0.3 is 0 Å². The van der Waals surface area contributed by atoms with Crippen LogP contribution in [0.25, 0.3) is 0 Å². The molecule has 0 saturated heterocycles. The molecule has 15 heavy (non-hydrogen) atoms. The molecule has 2 bridgehead atoms. The van der Waals surface area contributed by atoms with E-state index in [1.54, 1.807) is 7.05 Å². The number of amides is 1. The minimum atomic E-state index is -0.0231. The van der Waals surface area contributed by atoms with Gasteiger partial charge in [-0.15, -0.1) is 0 Å². The Labute approximate surface area is 91.0 Å². The Kier molecular flexibility index (Phi) is 2.06. The van der Waals surface area contributed by atoms with Gasteiger partial charge in [0.25, 0.3) is 0 Å². The van der Waals surface area contributed by atoms with Crippen LogP contribution in [0.3, 0.4) is 0 Å². The summed E-state index contributed by atoms with van der Waals surface area (Å²) in [4.78, 5) is 11.4. The van der Waals surface area contributed by atoms with Crippen molar-refractivity contribution >= 4 is 5.91 Å². The number of rotatable bonds is 3. The molecule has 2 N–H and O–H groups in total. The van der Waals surface area contributed by atoms with Gasteiger partial charge < -0.3 is 10.6 Å². The Hall–Kier alpha value is -0.570. The molecule has 0 aromatic heterocycles. The van der Waals surface area contributed by atoms with Crippen molar-refractivity contribution in [3.8, 4) is 0 Å². The van der Waals surface area contributed by atoms with Gasteiger partial charge in [0.1, 0.15) is 0 Å². The Morgan fingerprint density at radius 1 is 1.27 bits per heavy atom. The summed E-state index contributed by atoms with van der Waals surface area (Å²) < 4.78 is 0. The molecule has 1 amide bonds. The van der Waals surface area contributed by atoms with Crippen molar-refractivity contribution in [2.75, 3.05) is 7.05 Å². The number of nitrogens with one attached hydrogen (secondary N) is 2. The summed E-state index contributed by atoms with van der Waals surface area (Å²) in [6.07, 6.45) is 4.36. The van der Waals surface area contributed by atoms with Crippen LogP contribution in [0.5, 0.6) is 0 Å². The largest absolute Gasteiger partial charge is 0.358 e. The molecule has 0 aliphatic heterocycles. The van der Waals surface area contributed by atoms with Crippen LogP contribution in [0.1, 0.15) is 26.2 Å². The summed E-state index contributed by atoms with van der Waals surface area (Å²) >= 11 is 0. The third-order valence-corrected chi connectivity index (χ3v) is 4.82. The fourth-order valence-electron chi connectivity index (χ4n) is 4.13. The van der Waals surface area contributed by atoms with Gasteiger partial charge in [0, 0.05) is 13.1 Å². The number of carbonyl (C=O) groups is 1. The van der Waals surface area contributed by atoms with Gasteiger partial charge in [-0.1, -0.05) is 0 Å². The summed E-state index contributed by atoms with van der Waals surface area (Å²) in [5, 5.41) is 6.20. The van der Waals surface area contributed by atoms with E-state index in [2.05, 4.69) is 10.6 Å². The van der Waals surface area contributed by atoms with Gasteiger partial charge in [0.15, 0.2) is 0 Å². The molecule has 3 nitrogen and oxygen atoms in total. The Balaban J connectivity index is 1.57. The van der Waals surface area contributed by atoms with Crippen LogP contribution >= 0.6 is 0 Å². The molecule has 3 aliphatic rings. The Bertz CT molecular complexity index is 275. The molecule has 0 heterocycles. The first-order chi connectivity index (χ1) is 7.22. The van der Waals surface area contributed by atoms with E-state index in [4.69, 9.17) is 0 Å². The van der Waals surface area contributed by atoms with Crippen LogP contribution in [-0.4, -0.2) is 25.0 Å². The van der Waals surface area contributed by atoms with E-state index < -0.39 is 0 Å². The van der Waals surface area contributed by atoms with Crippen LogP contribution in [0, 0.1) is 23.7 Å². The number of fused-ring (bicyclic) bond motifs is 5. The lowest BCUT2D eigenvalue weighted by molar-refractivity contribution is -0.122. The highest BCUT2D eigenvalue weighted by molar-refractivity contribution is 5.81. The summed E-state index contributed by atoms with van der Waals surface area (Å²) in [5.74, 6) is 3.91. The monoisotopic (exact) mass is 208 g/mol. The van der Waals surface area contributed by atoms with Crippen LogP contribution in [-0.2, 0) is 4.79 Å². The van der Waals surface area contributed by atoms with Crippen molar-refractivity contribution in [2.45, 2.75) is 38.3 Å². The topological polar surface area (TPSA) is 41.1 Å². The first-order valence-electron chi connectivity index (χ1n) is 6.20. The fourth-order valence-corrected chi connectivity index (χ4v) is 4.13. The molecular formula is C12H20N2O. The molecule has 3 aliphatic carbocycles. The molecule has 3 fully saturated rings. The predicted molar refractivity (Wildman–Crippen MR) is 58.3 cm³/mol. The molecule has 0 aromatic rings. The van der Waals surface area contributed by atoms with Crippen LogP contribution in [0.15, 0.2) is 0 Å². The highest BCUT2D eigenvalue weighted by atomic mass is 16.2. The lowest BCUT2D eigenvalue weighted by Gasteiger charge is -2.15. The highest BCUT2D eigenvalue weighted by Crippen LogP contribution is 2.65. The quantitative estimate of drug-likeness (QED) is 0.719. The predicted octanol–water partition coefficient (Wildman–Crippen LogP) is 0.755. The molecule has 0 spiro atoms. The van der Waals surface area contributed by atoms with Gasteiger partial charge in [0.2, 0.25) is 5.91 Å². The molecule has 3 heteroatoms.